The van der Waals surface area contributed by atoms with E-state index in [1.54, 1.807) is 7.05 Å². The van der Waals surface area contributed by atoms with Crippen molar-refractivity contribution in [1.82, 2.24) is 10.2 Å². The Hall–Kier alpha value is -0.610. The van der Waals surface area contributed by atoms with Crippen LogP contribution < -0.4 is 5.32 Å². The van der Waals surface area contributed by atoms with Gasteiger partial charge in [0.25, 0.3) is 0 Å². The van der Waals surface area contributed by atoms with E-state index in [1.165, 1.54) is 0 Å². The summed E-state index contributed by atoms with van der Waals surface area (Å²) in [6, 6.07) is -0.131. The van der Waals surface area contributed by atoms with Crippen molar-refractivity contribution in [2.45, 2.75) is 44.8 Å². The summed E-state index contributed by atoms with van der Waals surface area (Å²) in [6.45, 7) is 5.15. The van der Waals surface area contributed by atoms with Crippen molar-refractivity contribution in [3.05, 3.63) is 0 Å². The predicted octanol–water partition coefficient (Wildman–Crippen LogP) is 0.358. The van der Waals surface area contributed by atoms with Crippen LogP contribution in [-0.4, -0.2) is 47.7 Å². The van der Waals surface area contributed by atoms with Crippen LogP contribution in [0.4, 0.5) is 0 Å². The number of hydrogen-bond acceptors (Lipinski definition) is 3. The third-order valence-electron chi connectivity index (χ3n) is 3.18. The van der Waals surface area contributed by atoms with Crippen LogP contribution in [0.3, 0.4) is 0 Å². The Morgan fingerprint density at radius 2 is 2.13 bits per heavy atom. The van der Waals surface area contributed by atoms with E-state index in [0.717, 1.165) is 19.4 Å². The van der Waals surface area contributed by atoms with Gasteiger partial charge in [0.05, 0.1) is 11.6 Å². The van der Waals surface area contributed by atoms with Crippen LogP contribution in [0.1, 0.15) is 33.1 Å². The fourth-order valence-electron chi connectivity index (χ4n) is 1.88. The molecule has 0 spiro atoms. The van der Waals surface area contributed by atoms with E-state index in [4.69, 9.17) is 0 Å². The lowest BCUT2D eigenvalue weighted by Crippen LogP contribution is -2.44. The first-order chi connectivity index (χ1) is 6.96. The third kappa shape index (κ3) is 3.47. The first kappa shape index (κ1) is 12.5. The SMILES string of the molecule is CNC(C)C(=O)N1CCCC(C)(O)CC1. The molecular formula is C11H22N2O2. The average Bonchev–Trinajstić information content (AvgIpc) is 2.37. The van der Waals surface area contributed by atoms with Crippen molar-refractivity contribution < 1.29 is 9.90 Å². The number of nitrogens with zero attached hydrogens (tertiary/aromatic N) is 1. The maximum atomic E-state index is 11.9. The number of rotatable bonds is 2. The first-order valence-electron chi connectivity index (χ1n) is 5.65. The summed E-state index contributed by atoms with van der Waals surface area (Å²) in [5.74, 6) is 0.134. The van der Waals surface area contributed by atoms with Crippen molar-refractivity contribution in [2.24, 2.45) is 0 Å². The Morgan fingerprint density at radius 1 is 1.47 bits per heavy atom. The first-order valence-corrected chi connectivity index (χ1v) is 5.65. The number of carbonyl (C=O) groups excluding carboxylic acids is 1. The zero-order valence-electron chi connectivity index (χ0n) is 9.92. The van der Waals surface area contributed by atoms with Crippen molar-refractivity contribution in [1.29, 1.82) is 0 Å². The Balaban J connectivity index is 2.54. The zero-order chi connectivity index (χ0) is 11.5. The summed E-state index contributed by atoms with van der Waals surface area (Å²) >= 11 is 0. The lowest BCUT2D eigenvalue weighted by molar-refractivity contribution is -0.133. The molecule has 0 bridgehead atoms. The van der Waals surface area contributed by atoms with E-state index >= 15 is 0 Å². The van der Waals surface area contributed by atoms with Crippen molar-refractivity contribution >= 4 is 5.91 Å². The molecule has 0 aromatic rings. The summed E-state index contributed by atoms with van der Waals surface area (Å²) in [6.07, 6.45) is 2.34. The van der Waals surface area contributed by atoms with Crippen LogP contribution in [-0.2, 0) is 4.79 Å². The number of hydrogen-bond donors (Lipinski definition) is 2. The maximum absolute atomic E-state index is 11.9. The molecule has 4 heteroatoms. The number of likely N-dealkylation sites (tertiary alicyclic amines) is 1. The van der Waals surface area contributed by atoms with E-state index in [9.17, 15) is 9.90 Å². The molecule has 0 radical (unpaired) electrons. The number of carbonyl (C=O) groups is 1. The molecule has 0 saturated carbocycles. The standard InChI is InChI=1S/C11H22N2O2/c1-9(12-3)10(14)13-7-4-5-11(2,15)6-8-13/h9,12,15H,4-8H2,1-3H3. The fraction of sp³-hybridized carbons (Fsp3) is 0.909. The number of nitrogens with one attached hydrogen (secondary N) is 1. The molecule has 0 aromatic heterocycles. The highest BCUT2D eigenvalue weighted by molar-refractivity contribution is 5.81. The monoisotopic (exact) mass is 214 g/mol. The minimum atomic E-state index is -0.599. The minimum Gasteiger partial charge on any atom is -0.390 e. The third-order valence-corrected chi connectivity index (χ3v) is 3.18. The molecule has 2 N–H and O–H groups in total. The Labute approximate surface area is 91.6 Å². The summed E-state index contributed by atoms with van der Waals surface area (Å²) in [4.78, 5) is 13.7. The predicted molar refractivity (Wildman–Crippen MR) is 59.6 cm³/mol. The van der Waals surface area contributed by atoms with Crippen LogP contribution in [0.15, 0.2) is 0 Å². The van der Waals surface area contributed by atoms with Gasteiger partial charge in [-0.1, -0.05) is 0 Å². The van der Waals surface area contributed by atoms with Gasteiger partial charge in [0.15, 0.2) is 0 Å². The topological polar surface area (TPSA) is 52.6 Å². The summed E-state index contributed by atoms with van der Waals surface area (Å²) < 4.78 is 0. The molecule has 1 rings (SSSR count). The van der Waals surface area contributed by atoms with Gasteiger partial charge >= 0.3 is 0 Å². The van der Waals surface area contributed by atoms with E-state index in [0.29, 0.717) is 13.0 Å². The molecule has 2 atom stereocenters. The van der Waals surface area contributed by atoms with Crippen LogP contribution in [0, 0.1) is 0 Å². The highest BCUT2D eigenvalue weighted by Gasteiger charge is 2.28. The van der Waals surface area contributed by atoms with E-state index < -0.39 is 5.60 Å². The lowest BCUT2D eigenvalue weighted by Gasteiger charge is -2.25. The second-order valence-electron chi connectivity index (χ2n) is 4.69. The quantitative estimate of drug-likeness (QED) is 0.698. The highest BCUT2D eigenvalue weighted by atomic mass is 16.3. The van der Waals surface area contributed by atoms with Crippen LogP contribution in [0.25, 0.3) is 0 Å². The van der Waals surface area contributed by atoms with Crippen molar-refractivity contribution in [3.8, 4) is 0 Å². The van der Waals surface area contributed by atoms with Gasteiger partial charge in [-0.05, 0) is 40.2 Å². The Kier molecular flexibility index (Phi) is 4.11. The van der Waals surface area contributed by atoms with Gasteiger partial charge in [-0.15, -0.1) is 0 Å². The van der Waals surface area contributed by atoms with Gasteiger partial charge in [0.2, 0.25) is 5.91 Å². The molecular weight excluding hydrogens is 192 g/mol. The molecule has 1 aliphatic rings. The summed E-state index contributed by atoms with van der Waals surface area (Å²) in [5, 5.41) is 12.8. The van der Waals surface area contributed by atoms with Gasteiger partial charge < -0.3 is 15.3 Å². The van der Waals surface area contributed by atoms with Gasteiger partial charge in [0.1, 0.15) is 0 Å². The molecule has 0 aromatic carbocycles. The summed E-state index contributed by atoms with van der Waals surface area (Å²) in [5.41, 5.74) is -0.599. The highest BCUT2D eigenvalue weighted by Crippen LogP contribution is 2.21. The largest absolute Gasteiger partial charge is 0.390 e. The van der Waals surface area contributed by atoms with E-state index in [1.807, 2.05) is 18.7 Å². The van der Waals surface area contributed by atoms with Crippen molar-refractivity contribution in [3.63, 3.8) is 0 Å². The Morgan fingerprint density at radius 3 is 2.73 bits per heavy atom. The second-order valence-corrected chi connectivity index (χ2v) is 4.69. The normalized spacial score (nSPS) is 29.7. The molecule has 1 heterocycles. The molecule has 2 unspecified atom stereocenters. The van der Waals surface area contributed by atoms with E-state index in [2.05, 4.69) is 5.32 Å². The number of likely N-dealkylation sites (N-methyl/N-ethyl adjacent to an activating group) is 1. The molecule has 1 amide bonds. The van der Waals surface area contributed by atoms with Gasteiger partial charge in [-0.2, -0.15) is 0 Å². The van der Waals surface area contributed by atoms with Gasteiger partial charge in [0, 0.05) is 13.1 Å². The van der Waals surface area contributed by atoms with Crippen LogP contribution in [0.2, 0.25) is 0 Å². The molecule has 4 nitrogen and oxygen atoms in total. The Bertz CT molecular complexity index is 229. The van der Waals surface area contributed by atoms with Crippen LogP contribution in [0.5, 0.6) is 0 Å². The molecule has 1 aliphatic heterocycles. The fourth-order valence-corrected chi connectivity index (χ4v) is 1.88. The van der Waals surface area contributed by atoms with Gasteiger partial charge in [-0.25, -0.2) is 0 Å². The molecule has 1 fully saturated rings. The average molecular weight is 214 g/mol. The number of amides is 1. The lowest BCUT2D eigenvalue weighted by atomic mass is 9.98. The minimum absolute atomic E-state index is 0.131. The van der Waals surface area contributed by atoms with Gasteiger partial charge in [-0.3, -0.25) is 4.79 Å². The summed E-state index contributed by atoms with van der Waals surface area (Å²) in [7, 11) is 1.79. The molecule has 88 valence electrons. The van der Waals surface area contributed by atoms with Crippen molar-refractivity contribution in [2.75, 3.05) is 20.1 Å². The smallest absolute Gasteiger partial charge is 0.239 e. The molecule has 0 aliphatic carbocycles. The second kappa shape index (κ2) is 4.94. The molecule has 15 heavy (non-hydrogen) atoms. The maximum Gasteiger partial charge on any atom is 0.239 e. The molecule has 1 saturated heterocycles. The zero-order valence-corrected chi connectivity index (χ0v) is 9.92. The number of aliphatic hydroxyl groups is 1. The van der Waals surface area contributed by atoms with Crippen LogP contribution >= 0.6 is 0 Å². The van der Waals surface area contributed by atoms with E-state index in [-0.39, 0.29) is 11.9 Å².